The predicted octanol–water partition coefficient (Wildman–Crippen LogP) is 2.88. The Bertz CT molecular complexity index is 518. The molecule has 0 bridgehead atoms. The summed E-state index contributed by atoms with van der Waals surface area (Å²) < 4.78 is 10.5. The zero-order valence-electron chi connectivity index (χ0n) is 10.4. The average molecular weight is 280 g/mol. The number of hydrogen-bond acceptors (Lipinski definition) is 3. The summed E-state index contributed by atoms with van der Waals surface area (Å²) in [5, 5.41) is 0.371. The smallest absolute Gasteiger partial charge is 0.254 e. The van der Waals surface area contributed by atoms with Crippen molar-refractivity contribution in [1.29, 1.82) is 0 Å². The highest BCUT2D eigenvalue weighted by molar-refractivity contribution is 6.32. The number of carbonyl (C=O) groups excluding carboxylic acids is 1. The summed E-state index contributed by atoms with van der Waals surface area (Å²) in [4.78, 5) is 14.0. The van der Waals surface area contributed by atoms with E-state index in [2.05, 4.69) is 13.2 Å². The molecule has 0 saturated heterocycles. The summed E-state index contributed by atoms with van der Waals surface area (Å²) in [6.45, 7) is 8.27. The van der Waals surface area contributed by atoms with E-state index < -0.39 is 0 Å². The Balaban J connectivity index is 2.30. The maximum Gasteiger partial charge on any atom is 0.254 e. The van der Waals surface area contributed by atoms with Gasteiger partial charge in [0, 0.05) is 18.7 Å². The van der Waals surface area contributed by atoms with Crippen LogP contribution in [0.25, 0.3) is 0 Å². The lowest BCUT2D eigenvalue weighted by Crippen LogP contribution is -2.31. The molecule has 0 N–H and O–H groups in total. The molecule has 0 unspecified atom stereocenters. The molecule has 2 rings (SSSR count). The summed E-state index contributed by atoms with van der Waals surface area (Å²) in [6.07, 6.45) is 3.33. The van der Waals surface area contributed by atoms with Gasteiger partial charge >= 0.3 is 0 Å². The first kappa shape index (κ1) is 13.5. The highest BCUT2D eigenvalue weighted by Crippen LogP contribution is 2.39. The monoisotopic (exact) mass is 279 g/mol. The van der Waals surface area contributed by atoms with Crippen LogP contribution >= 0.6 is 11.6 Å². The Kier molecular flexibility index (Phi) is 4.12. The zero-order chi connectivity index (χ0) is 13.8. The quantitative estimate of drug-likeness (QED) is 0.778. The van der Waals surface area contributed by atoms with Crippen molar-refractivity contribution in [2.24, 2.45) is 0 Å². The van der Waals surface area contributed by atoms with E-state index in [1.54, 1.807) is 29.2 Å². The number of amides is 1. The molecule has 4 nitrogen and oxygen atoms in total. The second-order valence-electron chi connectivity index (χ2n) is 3.98. The van der Waals surface area contributed by atoms with Crippen molar-refractivity contribution in [2.75, 3.05) is 19.9 Å². The molecule has 0 radical (unpaired) electrons. The molecule has 0 saturated carbocycles. The Morgan fingerprint density at radius 3 is 2.63 bits per heavy atom. The van der Waals surface area contributed by atoms with Crippen molar-refractivity contribution in [2.45, 2.75) is 0 Å². The van der Waals surface area contributed by atoms with Gasteiger partial charge in [0.1, 0.15) is 0 Å². The lowest BCUT2D eigenvalue weighted by atomic mass is 10.1. The second kappa shape index (κ2) is 5.80. The summed E-state index contributed by atoms with van der Waals surface area (Å²) in [5.74, 6) is 0.824. The predicted molar refractivity (Wildman–Crippen MR) is 73.9 cm³/mol. The summed E-state index contributed by atoms with van der Waals surface area (Å²) in [7, 11) is 0. The number of halogens is 1. The molecule has 1 heterocycles. The van der Waals surface area contributed by atoms with Crippen LogP contribution in [0.5, 0.6) is 11.5 Å². The van der Waals surface area contributed by atoms with Gasteiger partial charge in [-0.25, -0.2) is 0 Å². The van der Waals surface area contributed by atoms with Crippen molar-refractivity contribution in [3.05, 3.63) is 48.0 Å². The van der Waals surface area contributed by atoms with E-state index in [0.717, 1.165) is 0 Å². The molecule has 0 spiro atoms. The van der Waals surface area contributed by atoms with Gasteiger partial charge in [0.15, 0.2) is 11.5 Å². The van der Waals surface area contributed by atoms with E-state index in [4.69, 9.17) is 21.1 Å². The molecule has 0 aliphatic carbocycles. The largest absolute Gasteiger partial charge is 0.454 e. The lowest BCUT2D eigenvalue weighted by molar-refractivity contribution is 0.0790. The van der Waals surface area contributed by atoms with Gasteiger partial charge in [0.2, 0.25) is 6.79 Å². The fourth-order valence-electron chi connectivity index (χ4n) is 1.83. The van der Waals surface area contributed by atoms with Gasteiger partial charge in [-0.15, -0.1) is 13.2 Å². The minimum Gasteiger partial charge on any atom is -0.454 e. The molecule has 100 valence electrons. The van der Waals surface area contributed by atoms with Gasteiger partial charge in [-0.2, -0.15) is 0 Å². The molecule has 0 fully saturated rings. The third-order valence-electron chi connectivity index (χ3n) is 2.66. The van der Waals surface area contributed by atoms with Crippen molar-refractivity contribution >= 4 is 17.5 Å². The van der Waals surface area contributed by atoms with Gasteiger partial charge in [0.05, 0.1) is 5.02 Å². The average Bonchev–Trinajstić information content (AvgIpc) is 2.86. The van der Waals surface area contributed by atoms with Crippen molar-refractivity contribution in [3.63, 3.8) is 0 Å². The minimum absolute atomic E-state index is 0.121. The molecule has 0 aromatic heterocycles. The van der Waals surface area contributed by atoms with Gasteiger partial charge in [-0.3, -0.25) is 4.79 Å². The molecular weight excluding hydrogens is 266 g/mol. The minimum atomic E-state index is -0.153. The zero-order valence-corrected chi connectivity index (χ0v) is 11.2. The molecule has 1 aromatic carbocycles. The number of carbonyl (C=O) groups is 1. The fourth-order valence-corrected chi connectivity index (χ4v) is 2.09. The fraction of sp³-hybridized carbons (Fsp3) is 0.214. The van der Waals surface area contributed by atoms with Crippen LogP contribution in [0.15, 0.2) is 37.4 Å². The number of fused-ring (bicyclic) bond motifs is 1. The summed E-state index contributed by atoms with van der Waals surface area (Å²) in [5.41, 5.74) is 0.456. The van der Waals surface area contributed by atoms with Crippen LogP contribution in [0.2, 0.25) is 5.02 Å². The van der Waals surface area contributed by atoms with Crippen LogP contribution in [-0.4, -0.2) is 30.7 Å². The SMILES string of the molecule is C=CCN(CC=C)C(=O)c1cc(Cl)c2c(c1)OCO2. The number of hydrogen-bond donors (Lipinski definition) is 0. The van der Waals surface area contributed by atoms with Crippen molar-refractivity contribution in [1.82, 2.24) is 4.90 Å². The molecule has 19 heavy (non-hydrogen) atoms. The van der Waals surface area contributed by atoms with E-state index in [1.165, 1.54) is 0 Å². The van der Waals surface area contributed by atoms with Crippen LogP contribution in [0.4, 0.5) is 0 Å². The molecule has 1 amide bonds. The van der Waals surface area contributed by atoms with Gasteiger partial charge in [-0.05, 0) is 12.1 Å². The van der Waals surface area contributed by atoms with Crippen LogP contribution in [-0.2, 0) is 0 Å². The highest BCUT2D eigenvalue weighted by Gasteiger charge is 2.22. The van der Waals surface area contributed by atoms with Gasteiger partial charge < -0.3 is 14.4 Å². The van der Waals surface area contributed by atoms with Crippen molar-refractivity contribution < 1.29 is 14.3 Å². The molecule has 1 aliphatic rings. The molecule has 1 aliphatic heterocycles. The van der Waals surface area contributed by atoms with Crippen LogP contribution in [0, 0.1) is 0 Å². The number of rotatable bonds is 5. The van der Waals surface area contributed by atoms with E-state index in [-0.39, 0.29) is 12.7 Å². The number of ether oxygens (including phenoxy) is 2. The van der Waals surface area contributed by atoms with E-state index >= 15 is 0 Å². The Morgan fingerprint density at radius 2 is 2.00 bits per heavy atom. The normalized spacial score (nSPS) is 12.1. The Labute approximate surface area is 116 Å². The van der Waals surface area contributed by atoms with Gasteiger partial charge in [0.25, 0.3) is 5.91 Å². The first-order chi connectivity index (χ1) is 9.17. The van der Waals surface area contributed by atoms with Crippen LogP contribution in [0.1, 0.15) is 10.4 Å². The summed E-state index contributed by atoms with van der Waals surface area (Å²) >= 11 is 6.06. The first-order valence-corrected chi connectivity index (χ1v) is 6.15. The second-order valence-corrected chi connectivity index (χ2v) is 4.39. The third-order valence-corrected chi connectivity index (χ3v) is 2.94. The van der Waals surface area contributed by atoms with Crippen LogP contribution in [0.3, 0.4) is 0 Å². The molecule has 5 heteroatoms. The van der Waals surface area contributed by atoms with Gasteiger partial charge in [-0.1, -0.05) is 23.8 Å². The Hall–Kier alpha value is -1.94. The molecule has 1 aromatic rings. The third kappa shape index (κ3) is 2.74. The standard InChI is InChI=1S/C14H14ClNO3/c1-3-5-16(6-4-2)14(17)10-7-11(15)13-12(8-10)18-9-19-13/h3-4,7-8H,1-2,5-6,9H2. The summed E-state index contributed by atoms with van der Waals surface area (Å²) in [6, 6.07) is 3.21. The van der Waals surface area contributed by atoms with Crippen LogP contribution < -0.4 is 9.47 Å². The van der Waals surface area contributed by atoms with E-state index in [1.807, 2.05) is 0 Å². The first-order valence-electron chi connectivity index (χ1n) is 5.77. The maximum atomic E-state index is 12.4. The maximum absolute atomic E-state index is 12.4. The Morgan fingerprint density at radius 1 is 1.32 bits per heavy atom. The highest BCUT2D eigenvalue weighted by atomic mass is 35.5. The van der Waals surface area contributed by atoms with E-state index in [0.29, 0.717) is 35.2 Å². The molecular formula is C14H14ClNO3. The number of benzene rings is 1. The van der Waals surface area contributed by atoms with E-state index in [9.17, 15) is 4.79 Å². The topological polar surface area (TPSA) is 38.8 Å². The lowest BCUT2D eigenvalue weighted by Gasteiger charge is -2.19. The number of nitrogens with zero attached hydrogens (tertiary/aromatic N) is 1. The molecule has 0 atom stereocenters. The van der Waals surface area contributed by atoms with Crippen molar-refractivity contribution in [3.8, 4) is 11.5 Å².